The zero-order valence-corrected chi connectivity index (χ0v) is 5.53. The second-order valence-electron chi connectivity index (χ2n) is 1.84. The minimum absolute atomic E-state index is 0.710. The van der Waals surface area contributed by atoms with Crippen LogP contribution in [0, 0.1) is 11.3 Å². The third-order valence-electron chi connectivity index (χ3n) is 1.12. The Kier molecular flexibility index (Phi) is 1.86. The summed E-state index contributed by atoms with van der Waals surface area (Å²) in [6, 6.07) is 3.62. The molecule has 0 saturated heterocycles. The van der Waals surface area contributed by atoms with E-state index in [2.05, 4.69) is 9.68 Å². The first kappa shape index (κ1) is 6.56. The van der Waals surface area contributed by atoms with Gasteiger partial charge in [0.05, 0.1) is 6.07 Å². The smallest absolute Gasteiger partial charge is 0.124 e. The number of nitriles is 1. The van der Waals surface area contributed by atoms with Crippen molar-refractivity contribution in [2.75, 3.05) is 0 Å². The van der Waals surface area contributed by atoms with E-state index in [0.717, 1.165) is 5.57 Å². The van der Waals surface area contributed by atoms with E-state index < -0.39 is 0 Å². The summed E-state index contributed by atoms with van der Waals surface area (Å²) in [5, 5.41) is 11.9. The first-order valence-electron chi connectivity index (χ1n) is 2.81. The van der Waals surface area contributed by atoms with Gasteiger partial charge in [-0.1, -0.05) is 5.16 Å². The van der Waals surface area contributed by atoms with Gasteiger partial charge in [0.1, 0.15) is 12.0 Å². The highest BCUT2D eigenvalue weighted by molar-refractivity contribution is 5.61. The Labute approximate surface area is 58.6 Å². The highest BCUT2D eigenvalue weighted by Crippen LogP contribution is 2.08. The van der Waals surface area contributed by atoms with Crippen molar-refractivity contribution in [1.29, 1.82) is 5.26 Å². The number of allylic oxidation sites excluding steroid dienone is 2. The highest BCUT2D eigenvalue weighted by atomic mass is 16.5. The molecule has 1 rings (SSSR count). The molecule has 0 spiro atoms. The first-order valence-corrected chi connectivity index (χ1v) is 2.81. The molecule has 0 fully saturated rings. The molecule has 0 bridgehead atoms. The third-order valence-corrected chi connectivity index (χ3v) is 1.12. The second-order valence-corrected chi connectivity index (χ2v) is 1.84. The van der Waals surface area contributed by atoms with Crippen molar-refractivity contribution < 1.29 is 4.52 Å². The monoisotopic (exact) mass is 134 g/mol. The van der Waals surface area contributed by atoms with Gasteiger partial charge in [0, 0.05) is 12.1 Å². The molecule has 0 amide bonds. The second kappa shape index (κ2) is 2.83. The van der Waals surface area contributed by atoms with E-state index in [-0.39, 0.29) is 0 Å². The molecule has 0 saturated carbocycles. The standard InChI is InChI=1S/C7H6N2O/c1-6(2-4-8)7-3-5-10-9-7/h2-3,5H,1H3/b6-2-. The lowest BCUT2D eigenvalue weighted by molar-refractivity contribution is 0.417. The van der Waals surface area contributed by atoms with Crippen LogP contribution in [0.25, 0.3) is 5.57 Å². The maximum absolute atomic E-state index is 8.25. The minimum Gasteiger partial charge on any atom is -0.364 e. The van der Waals surface area contributed by atoms with Crippen LogP contribution in [0.15, 0.2) is 22.9 Å². The normalized spacial score (nSPS) is 11.0. The van der Waals surface area contributed by atoms with Crippen LogP contribution in [0.4, 0.5) is 0 Å². The molecule has 1 heterocycles. The maximum Gasteiger partial charge on any atom is 0.124 e. The Morgan fingerprint density at radius 2 is 2.70 bits per heavy atom. The van der Waals surface area contributed by atoms with E-state index in [1.807, 2.05) is 6.07 Å². The lowest BCUT2D eigenvalue weighted by atomic mass is 10.2. The van der Waals surface area contributed by atoms with Crippen LogP contribution in [0.5, 0.6) is 0 Å². The Morgan fingerprint density at radius 3 is 3.20 bits per heavy atom. The van der Waals surface area contributed by atoms with E-state index >= 15 is 0 Å². The average Bonchev–Trinajstić information content (AvgIpc) is 2.38. The van der Waals surface area contributed by atoms with Crippen molar-refractivity contribution in [3.05, 3.63) is 24.1 Å². The van der Waals surface area contributed by atoms with E-state index in [9.17, 15) is 0 Å². The van der Waals surface area contributed by atoms with Crippen molar-refractivity contribution in [2.45, 2.75) is 6.92 Å². The summed E-state index contributed by atoms with van der Waals surface area (Å²) in [5.41, 5.74) is 1.53. The van der Waals surface area contributed by atoms with Gasteiger partial charge in [-0.2, -0.15) is 5.26 Å². The Balaban J connectivity index is 2.90. The van der Waals surface area contributed by atoms with Gasteiger partial charge in [-0.15, -0.1) is 0 Å². The van der Waals surface area contributed by atoms with Gasteiger partial charge in [0.25, 0.3) is 0 Å². The molecule has 1 aromatic rings. The summed E-state index contributed by atoms with van der Waals surface area (Å²) in [5.74, 6) is 0. The molecular weight excluding hydrogens is 128 g/mol. The Hall–Kier alpha value is -1.56. The largest absolute Gasteiger partial charge is 0.364 e. The van der Waals surface area contributed by atoms with E-state index in [1.165, 1.54) is 12.3 Å². The molecule has 0 N–H and O–H groups in total. The highest BCUT2D eigenvalue weighted by Gasteiger charge is 1.96. The summed E-state index contributed by atoms with van der Waals surface area (Å²) >= 11 is 0. The van der Waals surface area contributed by atoms with Crippen LogP contribution in [0.2, 0.25) is 0 Å². The fourth-order valence-corrected chi connectivity index (χ4v) is 0.587. The van der Waals surface area contributed by atoms with E-state index in [1.54, 1.807) is 13.0 Å². The molecule has 0 aliphatic carbocycles. The van der Waals surface area contributed by atoms with Crippen LogP contribution >= 0.6 is 0 Å². The van der Waals surface area contributed by atoms with Crippen LogP contribution in [0.3, 0.4) is 0 Å². The summed E-state index contributed by atoms with van der Waals surface area (Å²) < 4.78 is 4.58. The van der Waals surface area contributed by atoms with Gasteiger partial charge >= 0.3 is 0 Å². The van der Waals surface area contributed by atoms with Gasteiger partial charge in [0.15, 0.2) is 0 Å². The number of aromatic nitrogens is 1. The molecule has 0 radical (unpaired) electrons. The summed E-state index contributed by atoms with van der Waals surface area (Å²) in [6.07, 6.45) is 2.90. The number of hydrogen-bond donors (Lipinski definition) is 0. The van der Waals surface area contributed by atoms with E-state index in [0.29, 0.717) is 5.69 Å². The molecule has 50 valence electrons. The lowest BCUT2D eigenvalue weighted by Gasteiger charge is -1.85. The van der Waals surface area contributed by atoms with Crippen LogP contribution in [-0.2, 0) is 0 Å². The summed E-state index contributed by atoms with van der Waals surface area (Å²) in [6.45, 7) is 1.81. The van der Waals surface area contributed by atoms with Crippen molar-refractivity contribution in [3.8, 4) is 6.07 Å². The molecule has 0 aliphatic heterocycles. The van der Waals surface area contributed by atoms with Gasteiger partial charge in [-0.3, -0.25) is 0 Å². The number of rotatable bonds is 1. The molecule has 1 aromatic heterocycles. The first-order chi connectivity index (χ1) is 4.84. The molecule has 0 aliphatic rings. The van der Waals surface area contributed by atoms with Gasteiger partial charge in [0.2, 0.25) is 0 Å². The minimum atomic E-state index is 0.710. The zero-order valence-electron chi connectivity index (χ0n) is 5.53. The predicted molar refractivity (Wildman–Crippen MR) is 35.8 cm³/mol. The number of nitrogens with zero attached hydrogens (tertiary/aromatic N) is 2. The fraction of sp³-hybridized carbons (Fsp3) is 0.143. The van der Waals surface area contributed by atoms with Gasteiger partial charge in [-0.05, 0) is 12.5 Å². The summed E-state index contributed by atoms with van der Waals surface area (Å²) in [4.78, 5) is 0. The van der Waals surface area contributed by atoms with Crippen molar-refractivity contribution in [2.24, 2.45) is 0 Å². The predicted octanol–water partition coefficient (Wildman–Crippen LogP) is 1.60. The molecule has 10 heavy (non-hydrogen) atoms. The topological polar surface area (TPSA) is 49.8 Å². The van der Waals surface area contributed by atoms with Gasteiger partial charge < -0.3 is 4.52 Å². The molecule has 0 atom stereocenters. The summed E-state index contributed by atoms with van der Waals surface area (Å²) in [7, 11) is 0. The van der Waals surface area contributed by atoms with E-state index in [4.69, 9.17) is 5.26 Å². The molecule has 3 nitrogen and oxygen atoms in total. The van der Waals surface area contributed by atoms with Crippen molar-refractivity contribution in [1.82, 2.24) is 5.16 Å². The zero-order chi connectivity index (χ0) is 7.40. The molecule has 3 heteroatoms. The molecule has 0 aromatic carbocycles. The fourth-order valence-electron chi connectivity index (χ4n) is 0.587. The van der Waals surface area contributed by atoms with Crippen LogP contribution < -0.4 is 0 Å². The molecule has 0 unspecified atom stereocenters. The lowest BCUT2D eigenvalue weighted by Crippen LogP contribution is -1.75. The van der Waals surface area contributed by atoms with Crippen molar-refractivity contribution >= 4 is 5.57 Å². The van der Waals surface area contributed by atoms with Crippen molar-refractivity contribution in [3.63, 3.8) is 0 Å². The molecular formula is C7H6N2O. The maximum atomic E-state index is 8.25. The van der Waals surface area contributed by atoms with Crippen LogP contribution in [-0.4, -0.2) is 5.16 Å². The number of hydrogen-bond acceptors (Lipinski definition) is 3. The van der Waals surface area contributed by atoms with Gasteiger partial charge in [-0.25, -0.2) is 0 Å². The third kappa shape index (κ3) is 1.23. The quantitative estimate of drug-likeness (QED) is 0.548. The SMILES string of the molecule is C/C(=C/C#N)c1ccon1. The Morgan fingerprint density at radius 1 is 1.90 bits per heavy atom. The Bertz CT molecular complexity index is 266. The average molecular weight is 134 g/mol. The van der Waals surface area contributed by atoms with Crippen LogP contribution in [0.1, 0.15) is 12.6 Å².